The minimum absolute atomic E-state index is 0.242. The number of hydrogen-bond donors (Lipinski definition) is 2. The monoisotopic (exact) mass is 211 g/mol. The fourth-order valence-electron chi connectivity index (χ4n) is 1.03. The first-order chi connectivity index (χ1) is 6.75. The molecule has 2 N–H and O–H groups in total. The van der Waals surface area contributed by atoms with Crippen LogP contribution in [-0.2, 0) is 0 Å². The topological polar surface area (TPSA) is 54.0 Å². The molecular weight excluding hydrogens is 202 g/mol. The third kappa shape index (κ3) is 2.35. The summed E-state index contributed by atoms with van der Waals surface area (Å²) in [6, 6.07) is 3.48. The number of nitrogens with zero attached hydrogens (tertiary/aromatic N) is 1. The molecule has 0 aliphatic heterocycles. The maximum atomic E-state index is 11.3. The molecule has 0 unspecified atom stereocenters. The van der Waals surface area contributed by atoms with Gasteiger partial charge in [-0.05, 0) is 25.0 Å². The highest BCUT2D eigenvalue weighted by Crippen LogP contribution is 2.20. The zero-order valence-corrected chi connectivity index (χ0v) is 8.21. The maximum absolute atomic E-state index is 11.3. The average Bonchev–Trinajstić information content (AvgIpc) is 2.93. The molecule has 2 amide bonds. The van der Waals surface area contributed by atoms with Gasteiger partial charge in [0.2, 0.25) is 0 Å². The van der Waals surface area contributed by atoms with Crippen LogP contribution in [0.25, 0.3) is 0 Å². The number of carbonyl (C=O) groups is 1. The third-order valence-corrected chi connectivity index (χ3v) is 2.21. The Morgan fingerprint density at radius 1 is 1.57 bits per heavy atom. The molecule has 0 atom stereocenters. The Bertz CT molecular complexity index is 352. The summed E-state index contributed by atoms with van der Waals surface area (Å²) in [5.74, 6) is 0.396. The van der Waals surface area contributed by atoms with E-state index in [1.54, 1.807) is 18.3 Å². The molecule has 5 heteroatoms. The van der Waals surface area contributed by atoms with Crippen molar-refractivity contribution in [1.29, 1.82) is 0 Å². The lowest BCUT2D eigenvalue weighted by Gasteiger charge is -2.06. The van der Waals surface area contributed by atoms with Gasteiger partial charge in [-0.15, -0.1) is 0 Å². The summed E-state index contributed by atoms with van der Waals surface area (Å²) < 4.78 is 0. The maximum Gasteiger partial charge on any atom is 0.320 e. The van der Waals surface area contributed by atoms with Gasteiger partial charge in [-0.3, -0.25) is 5.32 Å². The third-order valence-electron chi connectivity index (χ3n) is 1.90. The van der Waals surface area contributed by atoms with Crippen molar-refractivity contribution in [3.8, 4) is 0 Å². The Kier molecular flexibility index (Phi) is 2.54. The predicted octanol–water partition coefficient (Wildman–Crippen LogP) is 2.02. The van der Waals surface area contributed by atoms with Crippen LogP contribution in [0.4, 0.5) is 10.6 Å². The Labute approximate surface area is 86.7 Å². The van der Waals surface area contributed by atoms with Crippen LogP contribution in [0.3, 0.4) is 0 Å². The van der Waals surface area contributed by atoms with Crippen LogP contribution >= 0.6 is 11.6 Å². The first-order valence-electron chi connectivity index (χ1n) is 4.44. The molecule has 74 valence electrons. The van der Waals surface area contributed by atoms with Crippen LogP contribution in [0.1, 0.15) is 12.8 Å². The molecule has 0 saturated heterocycles. The number of halogens is 1. The summed E-state index contributed by atoms with van der Waals surface area (Å²) in [6.07, 6.45) is 3.70. The van der Waals surface area contributed by atoms with E-state index in [0.29, 0.717) is 16.9 Å². The van der Waals surface area contributed by atoms with Gasteiger partial charge in [-0.1, -0.05) is 11.6 Å². The van der Waals surface area contributed by atoms with E-state index >= 15 is 0 Å². The lowest BCUT2D eigenvalue weighted by Crippen LogP contribution is -2.30. The molecule has 1 aliphatic rings. The normalized spacial score (nSPS) is 14.9. The van der Waals surface area contributed by atoms with E-state index in [2.05, 4.69) is 15.6 Å². The standard InChI is InChI=1S/C9H10ClN3O/c10-7-2-1-5-11-8(7)13-9(14)12-6-3-4-6/h1-2,5-6H,3-4H2,(H2,11,12,13,14). The summed E-state index contributed by atoms with van der Waals surface area (Å²) in [5.41, 5.74) is 0. The van der Waals surface area contributed by atoms with Crippen molar-refractivity contribution in [2.24, 2.45) is 0 Å². The minimum Gasteiger partial charge on any atom is -0.335 e. The van der Waals surface area contributed by atoms with Crippen LogP contribution in [0.2, 0.25) is 5.02 Å². The van der Waals surface area contributed by atoms with E-state index in [1.807, 2.05) is 0 Å². The highest BCUT2D eigenvalue weighted by molar-refractivity contribution is 6.33. The highest BCUT2D eigenvalue weighted by atomic mass is 35.5. The first-order valence-corrected chi connectivity index (χ1v) is 4.81. The number of carbonyl (C=O) groups excluding carboxylic acids is 1. The molecule has 2 rings (SSSR count). The van der Waals surface area contributed by atoms with Crippen molar-refractivity contribution < 1.29 is 4.79 Å². The SMILES string of the molecule is O=C(Nc1ncccc1Cl)NC1CC1. The fraction of sp³-hybridized carbons (Fsp3) is 0.333. The summed E-state index contributed by atoms with van der Waals surface area (Å²) >= 11 is 5.82. The second-order valence-corrected chi connectivity index (χ2v) is 3.61. The van der Waals surface area contributed by atoms with Crippen LogP contribution in [0.15, 0.2) is 18.3 Å². The van der Waals surface area contributed by atoms with Crippen molar-refractivity contribution in [2.75, 3.05) is 5.32 Å². The molecule has 1 aliphatic carbocycles. The van der Waals surface area contributed by atoms with Gasteiger partial charge < -0.3 is 5.32 Å². The number of amides is 2. The molecule has 1 fully saturated rings. The molecule has 1 heterocycles. The highest BCUT2D eigenvalue weighted by Gasteiger charge is 2.23. The largest absolute Gasteiger partial charge is 0.335 e. The van der Waals surface area contributed by atoms with Gasteiger partial charge >= 0.3 is 6.03 Å². The number of aromatic nitrogens is 1. The molecular formula is C9H10ClN3O. The van der Waals surface area contributed by atoms with Crippen LogP contribution < -0.4 is 10.6 Å². The van der Waals surface area contributed by atoms with E-state index in [0.717, 1.165) is 12.8 Å². The van der Waals surface area contributed by atoms with Gasteiger partial charge in [0.1, 0.15) is 0 Å². The second kappa shape index (κ2) is 3.84. The lowest BCUT2D eigenvalue weighted by molar-refractivity contribution is 0.251. The van der Waals surface area contributed by atoms with Crippen molar-refractivity contribution in [1.82, 2.24) is 10.3 Å². The zero-order chi connectivity index (χ0) is 9.97. The molecule has 1 saturated carbocycles. The first kappa shape index (κ1) is 9.27. The quantitative estimate of drug-likeness (QED) is 0.787. The number of hydrogen-bond acceptors (Lipinski definition) is 2. The number of anilines is 1. The Balaban J connectivity index is 1.95. The minimum atomic E-state index is -0.242. The summed E-state index contributed by atoms with van der Waals surface area (Å²) in [5, 5.41) is 5.81. The molecule has 1 aromatic rings. The zero-order valence-electron chi connectivity index (χ0n) is 7.46. The number of rotatable bonds is 2. The summed E-state index contributed by atoms with van der Waals surface area (Å²) in [6.45, 7) is 0. The van der Waals surface area contributed by atoms with E-state index in [9.17, 15) is 4.79 Å². The van der Waals surface area contributed by atoms with Gasteiger partial charge in [-0.25, -0.2) is 9.78 Å². The number of nitrogens with one attached hydrogen (secondary N) is 2. The van der Waals surface area contributed by atoms with Crippen molar-refractivity contribution in [3.05, 3.63) is 23.4 Å². The van der Waals surface area contributed by atoms with E-state index < -0.39 is 0 Å². The molecule has 14 heavy (non-hydrogen) atoms. The molecule has 0 radical (unpaired) electrons. The Hall–Kier alpha value is -1.29. The molecule has 1 aromatic heterocycles. The fourth-order valence-corrected chi connectivity index (χ4v) is 1.20. The number of pyridine rings is 1. The van der Waals surface area contributed by atoms with Gasteiger partial charge in [0, 0.05) is 12.2 Å². The van der Waals surface area contributed by atoms with Crippen LogP contribution in [-0.4, -0.2) is 17.1 Å². The molecule has 4 nitrogen and oxygen atoms in total. The predicted molar refractivity (Wildman–Crippen MR) is 54.4 cm³/mol. The van der Waals surface area contributed by atoms with Crippen molar-refractivity contribution in [2.45, 2.75) is 18.9 Å². The van der Waals surface area contributed by atoms with E-state index in [1.165, 1.54) is 0 Å². The van der Waals surface area contributed by atoms with Gasteiger partial charge in [-0.2, -0.15) is 0 Å². The molecule has 0 aromatic carbocycles. The Morgan fingerprint density at radius 3 is 3.00 bits per heavy atom. The van der Waals surface area contributed by atoms with Gasteiger partial charge in [0.15, 0.2) is 5.82 Å². The van der Waals surface area contributed by atoms with E-state index in [4.69, 9.17) is 11.6 Å². The second-order valence-electron chi connectivity index (χ2n) is 3.21. The van der Waals surface area contributed by atoms with Gasteiger partial charge in [0.25, 0.3) is 0 Å². The smallest absolute Gasteiger partial charge is 0.320 e. The molecule has 0 bridgehead atoms. The number of urea groups is 1. The Morgan fingerprint density at radius 2 is 2.36 bits per heavy atom. The van der Waals surface area contributed by atoms with Crippen LogP contribution in [0.5, 0.6) is 0 Å². The van der Waals surface area contributed by atoms with Crippen molar-refractivity contribution >= 4 is 23.4 Å². The summed E-state index contributed by atoms with van der Waals surface area (Å²) in [4.78, 5) is 15.2. The van der Waals surface area contributed by atoms with Crippen LogP contribution in [0, 0.1) is 0 Å². The average molecular weight is 212 g/mol. The van der Waals surface area contributed by atoms with E-state index in [-0.39, 0.29) is 6.03 Å². The summed E-state index contributed by atoms with van der Waals surface area (Å²) in [7, 11) is 0. The van der Waals surface area contributed by atoms with Gasteiger partial charge in [0.05, 0.1) is 5.02 Å². The van der Waals surface area contributed by atoms with Crippen molar-refractivity contribution in [3.63, 3.8) is 0 Å². The molecule has 0 spiro atoms. The lowest BCUT2D eigenvalue weighted by atomic mass is 10.4.